The molecular weight excluding hydrogens is 689 g/mol. The Labute approximate surface area is 307 Å². The van der Waals surface area contributed by atoms with E-state index >= 15 is 0 Å². The first-order valence-electron chi connectivity index (χ1n) is 17.0. The quantitative estimate of drug-likeness (QED) is 0.0863. The van der Waals surface area contributed by atoms with Gasteiger partial charge in [-0.3, -0.25) is 4.79 Å². The Bertz CT molecular complexity index is 1680. The Balaban J connectivity index is 1.47. The minimum absolute atomic E-state index is 0.0904. The fourth-order valence-corrected chi connectivity index (χ4v) is 6.88. The van der Waals surface area contributed by atoms with Crippen LogP contribution in [0.5, 0.6) is 0 Å². The third-order valence-electron chi connectivity index (χ3n) is 8.23. The van der Waals surface area contributed by atoms with Crippen LogP contribution in [0.25, 0.3) is 0 Å². The van der Waals surface area contributed by atoms with Crippen molar-refractivity contribution < 1.29 is 29.0 Å². The van der Waals surface area contributed by atoms with E-state index in [1.165, 1.54) is 27.9 Å². The highest BCUT2D eigenvalue weighted by molar-refractivity contribution is 7.09. The predicted molar refractivity (Wildman–Crippen MR) is 198 cm³/mol. The van der Waals surface area contributed by atoms with E-state index in [-0.39, 0.29) is 24.9 Å². The number of aliphatic hydroxyl groups is 1. The van der Waals surface area contributed by atoms with Crippen LogP contribution in [0, 0.1) is 11.1 Å². The van der Waals surface area contributed by atoms with Crippen molar-refractivity contribution >= 4 is 40.7 Å². The number of amides is 4. The van der Waals surface area contributed by atoms with Crippen LogP contribution >= 0.6 is 22.7 Å². The summed E-state index contributed by atoms with van der Waals surface area (Å²) in [6, 6.07) is 16.5. The summed E-state index contributed by atoms with van der Waals surface area (Å²) in [5.74, 6) is -0.324. The smallest absolute Gasteiger partial charge is 0.407 e. The van der Waals surface area contributed by atoms with Gasteiger partial charge in [-0.25, -0.2) is 14.6 Å². The number of nitrogens with one attached hydrogen (secondary N) is 3. The van der Waals surface area contributed by atoms with Crippen molar-refractivity contribution in [3.05, 3.63) is 110 Å². The monoisotopic (exact) mass is 736 g/mol. The van der Waals surface area contributed by atoms with E-state index in [0.29, 0.717) is 34.9 Å². The van der Waals surface area contributed by atoms with Gasteiger partial charge >= 0.3 is 12.1 Å². The predicted octanol–water partition coefficient (Wildman–Crippen LogP) is 5.14. The Morgan fingerprint density at radius 2 is 1.59 bits per heavy atom. The second-order valence-corrected chi connectivity index (χ2v) is 15.1. The van der Waals surface area contributed by atoms with E-state index < -0.39 is 36.4 Å². The van der Waals surface area contributed by atoms with Crippen molar-refractivity contribution in [1.82, 2.24) is 25.8 Å². The van der Waals surface area contributed by atoms with Crippen LogP contribution in [0.2, 0.25) is 0 Å². The zero-order valence-corrected chi connectivity index (χ0v) is 31.3. The Kier molecular flexibility index (Phi) is 14.8. The number of carbonyl (C=O) groups excluding carboxylic acids is 3. The molecule has 0 bridgehead atoms. The molecule has 0 saturated heterocycles. The van der Waals surface area contributed by atoms with Crippen molar-refractivity contribution in [2.24, 2.45) is 5.92 Å². The highest BCUT2D eigenvalue weighted by atomic mass is 32.1. The number of hydrogen-bond donors (Lipinski definition) is 4. The number of urea groups is 1. The van der Waals surface area contributed by atoms with E-state index in [1.54, 1.807) is 18.4 Å². The molecule has 2 heterocycles. The molecule has 0 fully saturated rings. The number of carbonyl (C=O) groups is 3. The van der Waals surface area contributed by atoms with Crippen LogP contribution in [0.3, 0.4) is 0 Å². The number of thiazole rings is 2. The fraction of sp³-hybridized carbons (Fsp3) is 0.432. The summed E-state index contributed by atoms with van der Waals surface area (Å²) in [4.78, 5) is 46.8. The van der Waals surface area contributed by atoms with Crippen LogP contribution in [0.15, 0.2) is 77.8 Å². The summed E-state index contributed by atoms with van der Waals surface area (Å²) in [5.41, 5.74) is 3.98. The van der Waals surface area contributed by atoms with E-state index in [1.807, 2.05) is 79.9 Å². The summed E-state index contributed by atoms with van der Waals surface area (Å²) in [5, 5.41) is 34.8. The molecule has 0 saturated carbocycles. The van der Waals surface area contributed by atoms with Crippen molar-refractivity contribution in [3.63, 3.8) is 0 Å². The van der Waals surface area contributed by atoms with E-state index in [0.717, 1.165) is 21.8 Å². The van der Waals surface area contributed by atoms with Gasteiger partial charge in [-0.05, 0) is 36.3 Å². The lowest BCUT2D eigenvalue weighted by Gasteiger charge is -2.30. The Morgan fingerprint density at radius 3 is 2.16 bits per heavy atom. The van der Waals surface area contributed by atoms with Gasteiger partial charge in [-0.1, -0.05) is 99.7 Å². The lowest BCUT2D eigenvalue weighted by atomic mass is 9.93. The number of hydrogen-bond acceptors (Lipinski definition) is 9. The first kappa shape index (κ1) is 39.3. The summed E-state index contributed by atoms with van der Waals surface area (Å²) >= 11 is 2.73. The van der Waals surface area contributed by atoms with Crippen LogP contribution in [-0.4, -0.2) is 64.3 Å². The van der Waals surface area contributed by atoms with Crippen molar-refractivity contribution in [2.75, 3.05) is 7.05 Å². The van der Waals surface area contributed by atoms with Gasteiger partial charge in [0.2, 0.25) is 11.4 Å². The zero-order valence-electron chi connectivity index (χ0n) is 29.7. The second kappa shape index (κ2) is 19.2. The number of benzene rings is 2. The number of aliphatic hydroxyl groups excluding tert-OH is 1. The molecule has 0 aliphatic heterocycles. The van der Waals surface area contributed by atoms with Gasteiger partial charge in [0.1, 0.15) is 17.5 Å². The van der Waals surface area contributed by atoms with Gasteiger partial charge in [0.05, 0.1) is 29.4 Å². The molecule has 0 unspecified atom stereocenters. The SMILES string of the molecule is CC(C)c1nc(CN(C)C(=O)N[C@H](C(=O)N[C@@H](Cc2ccccc2)C[C@H](O)[C@H](Cc2ccccc2)NC(=O)OCc2c[n+]([O-])cs2)C(C)C)cs1. The molecule has 12 nitrogen and oxygen atoms in total. The van der Waals surface area contributed by atoms with Gasteiger partial charge in [0.15, 0.2) is 6.20 Å². The standard InChI is InChI=1S/C37H48N6O6S2/c1-24(2)33(41-36(46)42(5)19-29-22-50-35(39-29)25(3)4)34(45)38-28(16-26-12-8-6-9-13-26)18-32(44)31(17-27-14-10-7-11-15-27)40-37(47)49-21-30-20-43(48)23-51-30/h6-15,20,22-25,28,31-33,44H,16-19,21H2,1-5H3,(H,38,45)(H,40,47)(H,41,46)/t28-,31-,32-,33-/m0/s1. The largest absolute Gasteiger partial charge is 0.618 e. The molecule has 0 aliphatic rings. The van der Waals surface area contributed by atoms with Crippen molar-refractivity contribution in [1.29, 1.82) is 0 Å². The van der Waals surface area contributed by atoms with Crippen molar-refractivity contribution in [3.8, 4) is 0 Å². The van der Waals surface area contributed by atoms with Crippen LogP contribution in [-0.2, 0) is 35.5 Å². The maximum Gasteiger partial charge on any atom is 0.407 e. The fourth-order valence-electron chi connectivity index (χ4n) is 5.47. The molecule has 4 N–H and O–H groups in total. The van der Waals surface area contributed by atoms with Gasteiger partial charge < -0.3 is 35.9 Å². The number of aromatic nitrogens is 2. The van der Waals surface area contributed by atoms with Gasteiger partial charge in [-0.15, -0.1) is 11.3 Å². The maximum atomic E-state index is 13.9. The molecule has 4 aromatic rings. The highest BCUT2D eigenvalue weighted by Gasteiger charge is 2.31. The number of nitrogens with zero attached hydrogens (tertiary/aromatic N) is 3. The molecule has 4 amide bonds. The zero-order chi connectivity index (χ0) is 36.9. The molecule has 4 atom stereocenters. The Morgan fingerprint density at radius 1 is 0.941 bits per heavy atom. The van der Waals surface area contributed by atoms with E-state index in [4.69, 9.17) is 4.74 Å². The molecule has 274 valence electrons. The topological polar surface area (TPSA) is 160 Å². The first-order valence-corrected chi connectivity index (χ1v) is 18.8. The lowest BCUT2D eigenvalue weighted by molar-refractivity contribution is -0.600. The number of ether oxygens (including phenoxy) is 1. The van der Waals surface area contributed by atoms with E-state index in [2.05, 4.69) is 34.8 Å². The second-order valence-electron chi connectivity index (χ2n) is 13.3. The minimum atomic E-state index is -1.09. The Hall–Kier alpha value is -4.53. The minimum Gasteiger partial charge on any atom is -0.618 e. The van der Waals surface area contributed by atoms with Gasteiger partial charge in [-0.2, -0.15) is 4.73 Å². The normalized spacial score (nSPS) is 13.6. The molecule has 0 spiro atoms. The van der Waals surface area contributed by atoms with Crippen molar-refractivity contribution in [2.45, 2.75) is 90.3 Å². The average Bonchev–Trinajstić information content (AvgIpc) is 3.75. The summed E-state index contributed by atoms with van der Waals surface area (Å²) in [6.45, 7) is 8.07. The van der Waals surface area contributed by atoms with Gasteiger partial charge in [0, 0.05) is 24.4 Å². The highest BCUT2D eigenvalue weighted by Crippen LogP contribution is 2.20. The van der Waals surface area contributed by atoms with Gasteiger partial charge in [0.25, 0.3) is 0 Å². The molecule has 14 heteroatoms. The molecule has 0 aliphatic carbocycles. The summed E-state index contributed by atoms with van der Waals surface area (Å²) in [6.07, 6.45) is 0.301. The number of alkyl carbamates (subject to hydrolysis) is 1. The number of rotatable bonds is 17. The lowest BCUT2D eigenvalue weighted by Crippen LogP contribution is -2.55. The molecular formula is C37H48N6O6S2. The van der Waals surface area contributed by atoms with Crippen LogP contribution in [0.1, 0.15) is 66.7 Å². The summed E-state index contributed by atoms with van der Waals surface area (Å²) < 4.78 is 6.01. The molecule has 0 radical (unpaired) electrons. The van der Waals surface area contributed by atoms with Crippen LogP contribution < -0.4 is 20.7 Å². The third kappa shape index (κ3) is 12.6. The summed E-state index contributed by atoms with van der Waals surface area (Å²) in [7, 11) is 1.67. The maximum absolute atomic E-state index is 13.9. The third-order valence-corrected chi connectivity index (χ3v) is 10.3. The average molecular weight is 737 g/mol. The van der Waals surface area contributed by atoms with E-state index in [9.17, 15) is 24.7 Å². The molecule has 51 heavy (non-hydrogen) atoms. The van der Waals surface area contributed by atoms with Crippen LogP contribution in [0.4, 0.5) is 9.59 Å². The molecule has 2 aromatic carbocycles. The first-order chi connectivity index (χ1) is 24.4. The molecule has 2 aromatic heterocycles. The molecule has 4 rings (SSSR count).